The fourth-order valence-electron chi connectivity index (χ4n) is 2.60. The topological polar surface area (TPSA) is 68.8 Å². The zero-order valence-electron chi connectivity index (χ0n) is 15.6. The summed E-state index contributed by atoms with van der Waals surface area (Å²) in [5.74, 6) is 0.758. The summed E-state index contributed by atoms with van der Waals surface area (Å²) in [4.78, 5) is 18.3. The van der Waals surface area contributed by atoms with Gasteiger partial charge in [0.15, 0.2) is 5.96 Å². The second-order valence-corrected chi connectivity index (χ2v) is 7.13. The summed E-state index contributed by atoms with van der Waals surface area (Å²) in [6.07, 6.45) is 2.19. The molecule has 1 aromatic carbocycles. The molecular formula is C18H30IN5O. The van der Waals surface area contributed by atoms with Crippen molar-refractivity contribution in [2.24, 2.45) is 4.99 Å². The molecule has 0 unspecified atom stereocenters. The number of carbonyl (C=O) groups excluding carboxylic acids is 1. The first-order chi connectivity index (χ1) is 11.4. The lowest BCUT2D eigenvalue weighted by molar-refractivity contribution is 0.222. The number of nitrogens with one attached hydrogen (secondary N) is 3. The number of likely N-dealkylation sites (tertiary alicyclic amines) is 1. The number of hydrogen-bond donors (Lipinski definition) is 3. The number of hydrogen-bond acceptors (Lipinski definition) is 2. The van der Waals surface area contributed by atoms with Gasteiger partial charge in [-0.3, -0.25) is 4.99 Å². The summed E-state index contributed by atoms with van der Waals surface area (Å²) in [5.41, 5.74) is 1.86. The molecule has 1 heterocycles. The first-order valence-electron chi connectivity index (χ1n) is 8.51. The lowest BCUT2D eigenvalue weighted by Gasteiger charge is -2.23. The number of carbonyl (C=O) groups is 1. The van der Waals surface area contributed by atoms with Crippen molar-refractivity contribution in [1.82, 2.24) is 15.5 Å². The van der Waals surface area contributed by atoms with Crippen LogP contribution in [0.1, 0.15) is 39.2 Å². The van der Waals surface area contributed by atoms with E-state index in [1.165, 1.54) is 0 Å². The van der Waals surface area contributed by atoms with Crippen LogP contribution in [-0.4, -0.2) is 42.6 Å². The maximum Gasteiger partial charge on any atom is 0.321 e. The molecule has 0 radical (unpaired) electrons. The second kappa shape index (κ2) is 9.84. The van der Waals surface area contributed by atoms with Crippen LogP contribution in [0.5, 0.6) is 0 Å². The van der Waals surface area contributed by atoms with Crippen molar-refractivity contribution < 1.29 is 4.79 Å². The van der Waals surface area contributed by atoms with Crippen molar-refractivity contribution in [2.45, 2.75) is 45.7 Å². The molecule has 1 aromatic rings. The Hall–Kier alpha value is -1.51. The molecular weight excluding hydrogens is 429 g/mol. The van der Waals surface area contributed by atoms with E-state index in [-0.39, 0.29) is 35.5 Å². The van der Waals surface area contributed by atoms with E-state index in [0.29, 0.717) is 6.54 Å². The minimum absolute atomic E-state index is 0. The summed E-state index contributed by atoms with van der Waals surface area (Å²) in [6, 6.07) is 7.88. The summed E-state index contributed by atoms with van der Waals surface area (Å²) in [7, 11) is 1.76. The number of amides is 2. The number of aliphatic imine (C=N–C) groups is 1. The Labute approximate surface area is 167 Å². The van der Waals surface area contributed by atoms with Gasteiger partial charge in [-0.05, 0) is 51.3 Å². The van der Waals surface area contributed by atoms with Crippen molar-refractivity contribution in [2.75, 3.05) is 25.5 Å². The average Bonchev–Trinajstić information content (AvgIpc) is 3.05. The molecule has 3 N–H and O–H groups in total. The minimum Gasteiger partial charge on any atom is -0.352 e. The fraction of sp³-hybridized carbons (Fsp3) is 0.556. The lowest BCUT2D eigenvalue weighted by Crippen LogP contribution is -2.47. The van der Waals surface area contributed by atoms with E-state index in [1.807, 2.05) is 29.2 Å². The van der Waals surface area contributed by atoms with Crippen LogP contribution in [0.15, 0.2) is 29.3 Å². The summed E-state index contributed by atoms with van der Waals surface area (Å²) in [5, 5.41) is 9.59. The molecule has 1 aliphatic rings. The molecule has 1 saturated heterocycles. The van der Waals surface area contributed by atoms with Crippen molar-refractivity contribution in [1.29, 1.82) is 0 Å². The van der Waals surface area contributed by atoms with Crippen molar-refractivity contribution >= 4 is 41.7 Å². The Morgan fingerprint density at radius 1 is 1.24 bits per heavy atom. The normalized spacial score (nSPS) is 14.7. The molecule has 2 rings (SSSR count). The number of halogens is 1. The fourth-order valence-corrected chi connectivity index (χ4v) is 2.60. The number of anilines is 1. The van der Waals surface area contributed by atoms with Gasteiger partial charge >= 0.3 is 6.03 Å². The molecule has 0 aliphatic carbocycles. The van der Waals surface area contributed by atoms with Gasteiger partial charge in [-0.15, -0.1) is 24.0 Å². The third kappa shape index (κ3) is 7.50. The van der Waals surface area contributed by atoms with Gasteiger partial charge in [-0.25, -0.2) is 4.79 Å². The second-order valence-electron chi connectivity index (χ2n) is 7.13. The van der Waals surface area contributed by atoms with E-state index in [9.17, 15) is 4.79 Å². The van der Waals surface area contributed by atoms with Crippen LogP contribution < -0.4 is 16.0 Å². The molecule has 0 saturated carbocycles. The van der Waals surface area contributed by atoms with Crippen LogP contribution in [0.3, 0.4) is 0 Å². The number of urea groups is 1. The number of benzene rings is 1. The number of rotatable bonds is 3. The number of guanidine groups is 1. The van der Waals surface area contributed by atoms with Gasteiger partial charge in [0.05, 0.1) is 0 Å². The summed E-state index contributed by atoms with van der Waals surface area (Å²) >= 11 is 0. The zero-order chi connectivity index (χ0) is 17.6. The van der Waals surface area contributed by atoms with Gasteiger partial charge in [0.25, 0.3) is 0 Å². The van der Waals surface area contributed by atoms with Crippen LogP contribution in [0, 0.1) is 0 Å². The minimum atomic E-state index is -0.0482. The van der Waals surface area contributed by atoms with E-state index in [2.05, 4.69) is 41.7 Å². The third-order valence-electron chi connectivity index (χ3n) is 3.75. The molecule has 0 bridgehead atoms. The Bertz CT molecular complexity index is 591. The number of nitrogens with zero attached hydrogens (tertiary/aromatic N) is 2. The third-order valence-corrected chi connectivity index (χ3v) is 3.75. The largest absolute Gasteiger partial charge is 0.352 e. The molecule has 1 aliphatic heterocycles. The highest BCUT2D eigenvalue weighted by Gasteiger charge is 2.17. The van der Waals surface area contributed by atoms with Gasteiger partial charge in [0.2, 0.25) is 0 Å². The molecule has 7 heteroatoms. The van der Waals surface area contributed by atoms with E-state index in [0.717, 1.165) is 43.1 Å². The van der Waals surface area contributed by atoms with Gasteiger partial charge in [0, 0.05) is 37.9 Å². The first kappa shape index (κ1) is 21.5. The Kier molecular flexibility index (Phi) is 8.47. The van der Waals surface area contributed by atoms with Crippen LogP contribution in [0.4, 0.5) is 10.5 Å². The van der Waals surface area contributed by atoms with E-state index in [4.69, 9.17) is 0 Å². The molecule has 0 aromatic heterocycles. The first-order valence-corrected chi connectivity index (χ1v) is 8.51. The molecule has 2 amide bonds. The van der Waals surface area contributed by atoms with E-state index >= 15 is 0 Å². The molecule has 6 nitrogen and oxygen atoms in total. The maximum atomic E-state index is 12.2. The van der Waals surface area contributed by atoms with Crippen LogP contribution >= 0.6 is 24.0 Å². The van der Waals surface area contributed by atoms with Crippen LogP contribution in [0.25, 0.3) is 0 Å². The molecule has 1 fully saturated rings. The predicted octanol–water partition coefficient (Wildman–Crippen LogP) is 3.40. The van der Waals surface area contributed by atoms with Crippen LogP contribution in [-0.2, 0) is 6.54 Å². The maximum absolute atomic E-state index is 12.2. The Morgan fingerprint density at radius 2 is 1.92 bits per heavy atom. The van der Waals surface area contributed by atoms with E-state index in [1.54, 1.807) is 7.05 Å². The summed E-state index contributed by atoms with van der Waals surface area (Å²) in [6.45, 7) is 8.62. The standard InChI is InChI=1S/C18H29N5O.HI/c1-18(2,3)22-16(19-4)20-13-14-8-7-9-15(12-14)21-17(24)23-10-5-6-11-23;/h7-9,12H,5-6,10-11,13H2,1-4H3,(H,21,24)(H2,19,20,22);1H. The highest BCUT2D eigenvalue weighted by Crippen LogP contribution is 2.14. The monoisotopic (exact) mass is 459 g/mol. The zero-order valence-corrected chi connectivity index (χ0v) is 17.9. The van der Waals surface area contributed by atoms with Gasteiger partial charge in [-0.1, -0.05) is 12.1 Å². The molecule has 0 atom stereocenters. The molecule has 140 valence electrons. The predicted molar refractivity (Wildman–Crippen MR) is 115 cm³/mol. The van der Waals surface area contributed by atoms with Crippen molar-refractivity contribution in [3.05, 3.63) is 29.8 Å². The van der Waals surface area contributed by atoms with Crippen molar-refractivity contribution in [3.63, 3.8) is 0 Å². The average molecular weight is 459 g/mol. The molecule has 25 heavy (non-hydrogen) atoms. The van der Waals surface area contributed by atoms with Crippen molar-refractivity contribution in [3.8, 4) is 0 Å². The van der Waals surface area contributed by atoms with Crippen LogP contribution in [0.2, 0.25) is 0 Å². The smallest absolute Gasteiger partial charge is 0.321 e. The molecule has 0 spiro atoms. The lowest BCUT2D eigenvalue weighted by atomic mass is 10.1. The Balaban J connectivity index is 0.00000312. The SMILES string of the molecule is CN=C(NCc1cccc(NC(=O)N2CCCC2)c1)NC(C)(C)C.I. The highest BCUT2D eigenvalue weighted by molar-refractivity contribution is 14.0. The van der Waals surface area contributed by atoms with Gasteiger partial charge in [-0.2, -0.15) is 0 Å². The summed E-state index contributed by atoms with van der Waals surface area (Å²) < 4.78 is 0. The highest BCUT2D eigenvalue weighted by atomic mass is 127. The van der Waals surface area contributed by atoms with E-state index < -0.39 is 0 Å². The van der Waals surface area contributed by atoms with Gasteiger partial charge in [0.1, 0.15) is 0 Å². The van der Waals surface area contributed by atoms with Gasteiger partial charge < -0.3 is 20.9 Å². The Morgan fingerprint density at radius 3 is 2.52 bits per heavy atom. The quantitative estimate of drug-likeness (QED) is 0.369.